The predicted molar refractivity (Wildman–Crippen MR) is 185 cm³/mol. The molecule has 1 aliphatic rings. The van der Waals surface area contributed by atoms with E-state index in [0.717, 1.165) is 25.6 Å². The lowest BCUT2D eigenvalue weighted by molar-refractivity contribution is 0.0346. The molecule has 0 aromatic heterocycles. The molecule has 0 spiro atoms. The molecule has 3 atom stereocenters. The van der Waals surface area contributed by atoms with Crippen LogP contribution in [0.15, 0.2) is 0 Å². The van der Waals surface area contributed by atoms with Crippen LogP contribution < -0.4 is 5.32 Å². The average molecular weight is 595 g/mol. The third-order valence-electron chi connectivity index (χ3n) is 9.96. The first-order chi connectivity index (χ1) is 20.7. The van der Waals surface area contributed by atoms with Gasteiger partial charge in [0.25, 0.3) is 0 Å². The zero-order valence-electron chi connectivity index (χ0n) is 28.9. The van der Waals surface area contributed by atoms with Crippen molar-refractivity contribution < 1.29 is 10.2 Å². The van der Waals surface area contributed by atoms with Crippen molar-refractivity contribution >= 4 is 0 Å². The van der Waals surface area contributed by atoms with E-state index in [1.54, 1.807) is 0 Å². The number of nitrogens with one attached hydrogen (secondary N) is 1. The van der Waals surface area contributed by atoms with Crippen molar-refractivity contribution in [3.63, 3.8) is 0 Å². The number of aliphatic hydroxyl groups is 2. The monoisotopic (exact) mass is 595 g/mol. The van der Waals surface area contributed by atoms with Crippen molar-refractivity contribution in [2.24, 2.45) is 5.92 Å². The van der Waals surface area contributed by atoms with Gasteiger partial charge in [0.05, 0.1) is 12.7 Å². The second kappa shape index (κ2) is 30.8. The lowest BCUT2D eigenvalue weighted by Gasteiger charge is -2.37. The minimum Gasteiger partial charge on any atom is -0.394 e. The van der Waals surface area contributed by atoms with Gasteiger partial charge in [-0.15, -0.1) is 0 Å². The summed E-state index contributed by atoms with van der Waals surface area (Å²) >= 11 is 0. The molecule has 0 aliphatic carbocycles. The van der Waals surface area contributed by atoms with Gasteiger partial charge < -0.3 is 15.5 Å². The van der Waals surface area contributed by atoms with Gasteiger partial charge in [-0.05, 0) is 12.3 Å². The number of hydrogen-bond acceptors (Lipinski definition) is 4. The van der Waals surface area contributed by atoms with Gasteiger partial charge in [-0.25, -0.2) is 0 Å². The minimum atomic E-state index is -0.605. The highest BCUT2D eigenvalue weighted by Crippen LogP contribution is 2.25. The Kier molecular flexibility index (Phi) is 29.3. The van der Waals surface area contributed by atoms with Crippen LogP contribution in [0.25, 0.3) is 0 Å². The van der Waals surface area contributed by atoms with Crippen LogP contribution in [0.5, 0.6) is 0 Å². The van der Waals surface area contributed by atoms with E-state index >= 15 is 0 Å². The molecule has 0 saturated carbocycles. The van der Waals surface area contributed by atoms with Gasteiger partial charge >= 0.3 is 0 Å². The Morgan fingerprint density at radius 2 is 1.00 bits per heavy atom. The molecule has 1 heterocycles. The van der Waals surface area contributed by atoms with Crippen LogP contribution in [0.1, 0.15) is 194 Å². The molecule has 0 bridgehead atoms. The van der Waals surface area contributed by atoms with Crippen LogP contribution in [0, 0.1) is 5.92 Å². The molecule has 1 rings (SSSR count). The number of hydrogen-bond donors (Lipinski definition) is 3. The normalized spacial score (nSPS) is 17.6. The molecule has 252 valence electrons. The number of β-amino-alcohol motifs (C(OH)–C–C–N with tert-alkyl or cyclic N) is 1. The molecular weight excluding hydrogens is 516 g/mol. The van der Waals surface area contributed by atoms with Crippen molar-refractivity contribution in [3.05, 3.63) is 0 Å². The first-order valence-electron chi connectivity index (χ1n) is 19.4. The maximum absolute atomic E-state index is 9.96. The first-order valence-corrected chi connectivity index (χ1v) is 19.4. The smallest absolute Gasteiger partial charge is 0.0897 e. The number of rotatable bonds is 32. The van der Waals surface area contributed by atoms with Gasteiger partial charge in [0.15, 0.2) is 0 Å². The minimum absolute atomic E-state index is 0.129. The topological polar surface area (TPSA) is 55.7 Å². The summed E-state index contributed by atoms with van der Waals surface area (Å²) in [7, 11) is 0. The van der Waals surface area contributed by atoms with E-state index in [1.807, 2.05) is 0 Å². The zero-order chi connectivity index (χ0) is 30.4. The Hall–Kier alpha value is -0.160. The second-order valence-electron chi connectivity index (χ2n) is 14.0. The van der Waals surface area contributed by atoms with Crippen molar-refractivity contribution in [1.82, 2.24) is 10.2 Å². The highest BCUT2D eigenvalue weighted by molar-refractivity contribution is 4.81. The number of aliphatic hydroxyl groups excluding tert-OH is 2. The van der Waals surface area contributed by atoms with Crippen molar-refractivity contribution in [1.29, 1.82) is 0 Å². The summed E-state index contributed by atoms with van der Waals surface area (Å²) in [6, 6.07) is 0.510. The Morgan fingerprint density at radius 3 is 1.45 bits per heavy atom. The van der Waals surface area contributed by atoms with Crippen molar-refractivity contribution in [3.8, 4) is 0 Å². The fraction of sp³-hybridized carbons (Fsp3) is 1.00. The van der Waals surface area contributed by atoms with E-state index in [2.05, 4.69) is 24.1 Å². The molecule has 1 saturated heterocycles. The standard InChI is InChI=1S/C38H78N2O2/c1-3-5-7-9-10-11-12-13-14-15-16-17-18-19-20-21-22-23-25-28-36(27-24-8-6-4-2)29-26-30-37-33-39-31-32-40(37)34-38(42)35-41/h36-39,41-42H,3-35H2,1-2H3. The van der Waals surface area contributed by atoms with Gasteiger partial charge in [-0.2, -0.15) is 0 Å². The first kappa shape index (κ1) is 39.9. The maximum atomic E-state index is 9.96. The molecule has 4 nitrogen and oxygen atoms in total. The highest BCUT2D eigenvalue weighted by Gasteiger charge is 2.24. The molecule has 4 heteroatoms. The van der Waals surface area contributed by atoms with Gasteiger partial charge in [-0.3, -0.25) is 4.90 Å². The van der Waals surface area contributed by atoms with Gasteiger partial charge in [0.2, 0.25) is 0 Å². The van der Waals surface area contributed by atoms with E-state index in [1.165, 1.54) is 180 Å². The third-order valence-corrected chi connectivity index (χ3v) is 9.96. The van der Waals surface area contributed by atoms with E-state index in [4.69, 9.17) is 0 Å². The Labute approximate surface area is 264 Å². The van der Waals surface area contributed by atoms with Crippen LogP contribution in [-0.4, -0.2) is 60.0 Å². The Balaban J connectivity index is 2.04. The molecule has 3 N–H and O–H groups in total. The highest BCUT2D eigenvalue weighted by atomic mass is 16.3. The molecule has 0 amide bonds. The molecule has 0 aromatic rings. The molecule has 1 fully saturated rings. The zero-order valence-corrected chi connectivity index (χ0v) is 28.9. The van der Waals surface area contributed by atoms with E-state index in [9.17, 15) is 10.2 Å². The second-order valence-corrected chi connectivity index (χ2v) is 14.0. The summed E-state index contributed by atoms with van der Waals surface area (Å²) in [4.78, 5) is 2.41. The van der Waals surface area contributed by atoms with Crippen LogP contribution >= 0.6 is 0 Å². The molecule has 0 radical (unpaired) electrons. The van der Waals surface area contributed by atoms with E-state index in [-0.39, 0.29) is 6.61 Å². The average Bonchev–Trinajstić information content (AvgIpc) is 3.00. The SMILES string of the molecule is CCCCCCCCCCCCCCCCCCCCCC(CCCCCC)CCCC1CNCCN1CC(O)CO. The third kappa shape index (κ3) is 24.2. The fourth-order valence-electron chi connectivity index (χ4n) is 7.10. The molecule has 42 heavy (non-hydrogen) atoms. The molecule has 3 unspecified atom stereocenters. The summed E-state index contributed by atoms with van der Waals surface area (Å²) in [6.45, 7) is 8.11. The summed E-state index contributed by atoms with van der Waals surface area (Å²) in [5, 5.41) is 22.8. The van der Waals surface area contributed by atoms with Crippen molar-refractivity contribution in [2.45, 2.75) is 206 Å². The van der Waals surface area contributed by atoms with E-state index in [0.29, 0.717) is 12.6 Å². The molecule has 0 aromatic carbocycles. The maximum Gasteiger partial charge on any atom is 0.0897 e. The molecule has 1 aliphatic heterocycles. The van der Waals surface area contributed by atoms with Crippen LogP contribution in [0.3, 0.4) is 0 Å². The van der Waals surface area contributed by atoms with E-state index < -0.39 is 6.10 Å². The van der Waals surface area contributed by atoms with Crippen LogP contribution in [0.2, 0.25) is 0 Å². The van der Waals surface area contributed by atoms with Gasteiger partial charge in [0.1, 0.15) is 0 Å². The number of unbranched alkanes of at least 4 members (excludes halogenated alkanes) is 21. The number of nitrogens with zero attached hydrogens (tertiary/aromatic N) is 1. The molecular formula is C38H78N2O2. The summed E-state index contributed by atoms with van der Waals surface area (Å²) < 4.78 is 0. The predicted octanol–water partition coefficient (Wildman–Crippen LogP) is 10.2. The van der Waals surface area contributed by atoms with Crippen LogP contribution in [-0.2, 0) is 0 Å². The van der Waals surface area contributed by atoms with Crippen molar-refractivity contribution in [2.75, 3.05) is 32.8 Å². The fourth-order valence-corrected chi connectivity index (χ4v) is 7.10. The van der Waals surface area contributed by atoms with Gasteiger partial charge in [-0.1, -0.05) is 187 Å². The largest absolute Gasteiger partial charge is 0.394 e. The lowest BCUT2D eigenvalue weighted by Crippen LogP contribution is -2.53. The van der Waals surface area contributed by atoms with Gasteiger partial charge in [0, 0.05) is 32.2 Å². The Bertz CT molecular complexity index is 531. The number of piperazine rings is 1. The Morgan fingerprint density at radius 1 is 0.595 bits per heavy atom. The summed E-state index contributed by atoms with van der Waals surface area (Å²) in [5.74, 6) is 0.903. The van der Waals surface area contributed by atoms with Crippen LogP contribution in [0.4, 0.5) is 0 Å². The summed E-state index contributed by atoms with van der Waals surface area (Å²) in [6.07, 6.45) is 39.3. The summed E-state index contributed by atoms with van der Waals surface area (Å²) in [5.41, 5.74) is 0. The quantitative estimate of drug-likeness (QED) is 0.0678. The lowest BCUT2D eigenvalue weighted by atomic mass is 9.89.